The zero-order chi connectivity index (χ0) is 26.7. The average molecular weight is 594 g/mol. The number of rotatable bonds is 10. The maximum absolute atomic E-state index is 12.5. The molecule has 1 amide bonds. The molecule has 7 nitrogen and oxygen atoms in total. The van der Waals surface area contributed by atoms with Crippen molar-refractivity contribution in [2.45, 2.75) is 6.61 Å². The minimum absolute atomic E-state index is 0.238. The van der Waals surface area contributed by atoms with Crippen molar-refractivity contribution in [2.75, 3.05) is 6.61 Å². The van der Waals surface area contributed by atoms with Crippen LogP contribution < -0.4 is 19.6 Å². The van der Waals surface area contributed by atoms with Crippen LogP contribution in [0.3, 0.4) is 0 Å². The molecule has 0 aliphatic rings. The molecule has 0 bridgehead atoms. The van der Waals surface area contributed by atoms with Crippen molar-refractivity contribution in [1.29, 1.82) is 0 Å². The van der Waals surface area contributed by atoms with E-state index in [1.54, 1.807) is 66.7 Å². The minimum Gasteiger partial charge on any atom is -0.489 e. The maximum atomic E-state index is 12.5. The molecule has 192 valence electrons. The van der Waals surface area contributed by atoms with E-state index in [0.717, 1.165) is 10.0 Å². The predicted octanol–water partition coefficient (Wildman–Crippen LogP) is 6.43. The lowest BCUT2D eigenvalue weighted by Crippen LogP contribution is -2.24. The number of esters is 1. The van der Waals surface area contributed by atoms with Crippen LogP contribution in [0.4, 0.5) is 0 Å². The third-order valence-corrected chi connectivity index (χ3v) is 5.83. The van der Waals surface area contributed by atoms with Crippen LogP contribution in [0.15, 0.2) is 107 Å². The molecule has 38 heavy (non-hydrogen) atoms. The molecule has 0 fully saturated rings. The van der Waals surface area contributed by atoms with Gasteiger partial charge < -0.3 is 14.2 Å². The highest BCUT2D eigenvalue weighted by molar-refractivity contribution is 9.10. The maximum Gasteiger partial charge on any atom is 0.343 e. The van der Waals surface area contributed by atoms with E-state index in [1.807, 2.05) is 30.3 Å². The predicted molar refractivity (Wildman–Crippen MR) is 149 cm³/mol. The van der Waals surface area contributed by atoms with Gasteiger partial charge >= 0.3 is 5.97 Å². The van der Waals surface area contributed by atoms with Crippen LogP contribution in [-0.2, 0) is 11.4 Å². The van der Waals surface area contributed by atoms with E-state index in [9.17, 15) is 9.59 Å². The first-order valence-corrected chi connectivity index (χ1v) is 12.6. The van der Waals surface area contributed by atoms with E-state index < -0.39 is 11.9 Å². The third kappa shape index (κ3) is 8.19. The number of hydrogen-bond donors (Lipinski definition) is 1. The zero-order valence-electron chi connectivity index (χ0n) is 20.0. The topological polar surface area (TPSA) is 86.2 Å². The number of nitrogens with one attached hydrogen (secondary N) is 1. The summed E-state index contributed by atoms with van der Waals surface area (Å²) in [5.41, 5.74) is 4.30. The van der Waals surface area contributed by atoms with Gasteiger partial charge in [-0.15, -0.1) is 0 Å². The van der Waals surface area contributed by atoms with Crippen molar-refractivity contribution >= 4 is 45.6 Å². The second kappa shape index (κ2) is 13.4. The molecule has 0 aliphatic heterocycles. The second-order valence-corrected chi connectivity index (χ2v) is 9.26. The van der Waals surface area contributed by atoms with Crippen molar-refractivity contribution in [3.05, 3.63) is 123 Å². The van der Waals surface area contributed by atoms with Gasteiger partial charge in [0.05, 0.1) is 11.8 Å². The van der Waals surface area contributed by atoms with Crippen LogP contribution in [-0.4, -0.2) is 24.7 Å². The molecule has 9 heteroatoms. The summed E-state index contributed by atoms with van der Waals surface area (Å²) in [6, 6.07) is 28.3. The Balaban J connectivity index is 1.27. The lowest BCUT2D eigenvalue weighted by molar-refractivity contribution is -0.123. The Hall–Kier alpha value is -4.14. The van der Waals surface area contributed by atoms with E-state index in [2.05, 4.69) is 26.5 Å². The zero-order valence-corrected chi connectivity index (χ0v) is 22.3. The molecule has 0 saturated heterocycles. The first-order chi connectivity index (χ1) is 18.5. The lowest BCUT2D eigenvalue weighted by Gasteiger charge is -2.09. The number of carbonyl (C=O) groups excluding carboxylic acids is 2. The van der Waals surface area contributed by atoms with Crippen LogP contribution in [0, 0.1) is 0 Å². The van der Waals surface area contributed by atoms with Crippen LogP contribution >= 0.6 is 27.5 Å². The Morgan fingerprint density at radius 2 is 1.55 bits per heavy atom. The van der Waals surface area contributed by atoms with Gasteiger partial charge in [0.15, 0.2) is 6.61 Å². The summed E-state index contributed by atoms with van der Waals surface area (Å²) in [7, 11) is 0. The SMILES string of the molecule is O=C(COc1ccc(OCc2ccccc2)cc1)N/N=C\c1cc(Br)ccc1OC(=O)c1ccc(Cl)cc1. The largest absolute Gasteiger partial charge is 0.489 e. The van der Waals surface area contributed by atoms with E-state index >= 15 is 0 Å². The first kappa shape index (κ1) is 26.9. The molecular weight excluding hydrogens is 572 g/mol. The fraction of sp³-hybridized carbons (Fsp3) is 0.0690. The van der Waals surface area contributed by atoms with Gasteiger partial charge in [0, 0.05) is 15.1 Å². The molecule has 0 aromatic heterocycles. The summed E-state index contributed by atoms with van der Waals surface area (Å²) >= 11 is 9.25. The van der Waals surface area contributed by atoms with Crippen LogP contribution in [0.5, 0.6) is 17.2 Å². The summed E-state index contributed by atoms with van der Waals surface area (Å²) in [5, 5.41) is 4.48. The summed E-state index contributed by atoms with van der Waals surface area (Å²) in [6.45, 7) is 0.222. The minimum atomic E-state index is -0.549. The smallest absolute Gasteiger partial charge is 0.343 e. The molecule has 4 rings (SSSR count). The molecular formula is C29H22BrClN2O5. The van der Waals surface area contributed by atoms with Crippen molar-refractivity contribution in [2.24, 2.45) is 5.10 Å². The van der Waals surface area contributed by atoms with Crippen LogP contribution in [0.25, 0.3) is 0 Å². The summed E-state index contributed by atoms with van der Waals surface area (Å²) < 4.78 is 17.5. The number of nitrogens with zero attached hydrogens (tertiary/aromatic N) is 1. The van der Waals surface area contributed by atoms with Gasteiger partial charge in [-0.1, -0.05) is 57.9 Å². The number of benzene rings is 4. The Morgan fingerprint density at radius 3 is 2.26 bits per heavy atom. The van der Waals surface area contributed by atoms with Gasteiger partial charge in [0.2, 0.25) is 0 Å². The molecule has 0 spiro atoms. The standard InChI is InChI=1S/C29H22BrClN2O5/c30-23-8-15-27(38-29(35)21-6-9-24(31)10-7-21)22(16-23)17-32-33-28(34)19-37-26-13-11-25(12-14-26)36-18-20-4-2-1-3-5-20/h1-17H,18-19H2,(H,33,34)/b32-17-. The molecule has 0 atom stereocenters. The van der Waals surface area contributed by atoms with Crippen LogP contribution in [0.1, 0.15) is 21.5 Å². The van der Waals surface area contributed by atoms with E-state index in [4.69, 9.17) is 25.8 Å². The molecule has 4 aromatic carbocycles. The molecule has 0 radical (unpaired) electrons. The number of ether oxygens (including phenoxy) is 3. The van der Waals surface area contributed by atoms with Gasteiger partial charge in [-0.25, -0.2) is 10.2 Å². The van der Waals surface area contributed by atoms with Gasteiger partial charge in [-0.3, -0.25) is 4.79 Å². The van der Waals surface area contributed by atoms with E-state index in [-0.39, 0.29) is 12.4 Å². The average Bonchev–Trinajstić information content (AvgIpc) is 2.93. The number of hydrogen-bond acceptors (Lipinski definition) is 6. The second-order valence-electron chi connectivity index (χ2n) is 7.91. The summed E-state index contributed by atoms with van der Waals surface area (Å²) in [6.07, 6.45) is 1.38. The van der Waals surface area contributed by atoms with Crippen LogP contribution in [0.2, 0.25) is 5.02 Å². The van der Waals surface area contributed by atoms with Gasteiger partial charge in [0.25, 0.3) is 5.91 Å². The monoisotopic (exact) mass is 592 g/mol. The number of halogens is 2. The van der Waals surface area contributed by atoms with Gasteiger partial charge in [-0.2, -0.15) is 5.10 Å². The first-order valence-electron chi connectivity index (χ1n) is 11.4. The highest BCUT2D eigenvalue weighted by Gasteiger charge is 2.12. The Bertz CT molecular complexity index is 1410. The summed E-state index contributed by atoms with van der Waals surface area (Å²) in [4.78, 5) is 24.7. The highest BCUT2D eigenvalue weighted by atomic mass is 79.9. The summed E-state index contributed by atoms with van der Waals surface area (Å²) in [5.74, 6) is 0.473. The fourth-order valence-corrected chi connectivity index (χ4v) is 3.69. The molecule has 0 saturated carbocycles. The number of hydrazone groups is 1. The molecule has 0 heterocycles. The van der Waals surface area contributed by atoms with E-state index in [0.29, 0.717) is 34.3 Å². The van der Waals surface area contributed by atoms with Crippen molar-refractivity contribution in [1.82, 2.24) is 5.43 Å². The molecule has 4 aromatic rings. The van der Waals surface area contributed by atoms with E-state index in [1.165, 1.54) is 6.21 Å². The van der Waals surface area contributed by atoms with Gasteiger partial charge in [-0.05, 0) is 72.3 Å². The third-order valence-electron chi connectivity index (χ3n) is 5.09. The normalized spacial score (nSPS) is 10.7. The quantitative estimate of drug-likeness (QED) is 0.0991. The van der Waals surface area contributed by atoms with Gasteiger partial charge in [0.1, 0.15) is 23.9 Å². The van der Waals surface area contributed by atoms with Crippen molar-refractivity contribution < 1.29 is 23.8 Å². The molecule has 0 aliphatic carbocycles. The van der Waals surface area contributed by atoms with Crippen molar-refractivity contribution in [3.8, 4) is 17.2 Å². The number of carbonyl (C=O) groups is 2. The molecule has 1 N–H and O–H groups in total. The Labute approximate surface area is 233 Å². The molecule has 0 unspecified atom stereocenters. The lowest BCUT2D eigenvalue weighted by atomic mass is 10.2. The highest BCUT2D eigenvalue weighted by Crippen LogP contribution is 2.23. The Kier molecular flexibility index (Phi) is 9.50. The van der Waals surface area contributed by atoms with Crippen molar-refractivity contribution in [3.63, 3.8) is 0 Å². The number of amides is 1. The fourth-order valence-electron chi connectivity index (χ4n) is 3.19. The Morgan fingerprint density at radius 1 is 0.868 bits per heavy atom.